The summed E-state index contributed by atoms with van der Waals surface area (Å²) in [5.41, 5.74) is 2.28. The molecule has 0 bridgehead atoms. The van der Waals surface area contributed by atoms with E-state index >= 15 is 0 Å². The number of aromatic nitrogens is 3. The highest BCUT2D eigenvalue weighted by Crippen LogP contribution is 2.19. The molecule has 1 aliphatic rings. The molecular weight excluding hydrogens is 406 g/mol. The van der Waals surface area contributed by atoms with Crippen molar-refractivity contribution in [3.8, 4) is 0 Å². The first kappa shape index (κ1) is 21.9. The van der Waals surface area contributed by atoms with Gasteiger partial charge in [0.05, 0.1) is 31.5 Å². The van der Waals surface area contributed by atoms with Crippen LogP contribution < -0.4 is 10.9 Å². The molecular formula is C24H27N5O3. The summed E-state index contributed by atoms with van der Waals surface area (Å²) in [5, 5.41) is 2.98. The Kier molecular flexibility index (Phi) is 7.03. The summed E-state index contributed by atoms with van der Waals surface area (Å²) in [6, 6.07) is 11.2. The second kappa shape index (κ2) is 10.3. The molecule has 32 heavy (non-hydrogen) atoms. The summed E-state index contributed by atoms with van der Waals surface area (Å²) in [5.74, 6) is -0.373. The lowest BCUT2D eigenvalue weighted by atomic mass is 10.1. The second-order valence-corrected chi connectivity index (χ2v) is 7.80. The van der Waals surface area contributed by atoms with Gasteiger partial charge in [-0.3, -0.25) is 24.5 Å². The van der Waals surface area contributed by atoms with Gasteiger partial charge >= 0.3 is 0 Å². The molecule has 0 radical (unpaired) electrons. The van der Waals surface area contributed by atoms with E-state index in [2.05, 4.69) is 20.2 Å². The Bertz CT molecular complexity index is 1100. The Morgan fingerprint density at radius 3 is 2.72 bits per heavy atom. The van der Waals surface area contributed by atoms with E-state index in [4.69, 9.17) is 4.74 Å². The van der Waals surface area contributed by atoms with Crippen molar-refractivity contribution in [3.05, 3.63) is 93.9 Å². The van der Waals surface area contributed by atoms with Crippen molar-refractivity contribution in [1.29, 1.82) is 0 Å². The summed E-state index contributed by atoms with van der Waals surface area (Å²) in [7, 11) is 0. The van der Waals surface area contributed by atoms with Crippen molar-refractivity contribution in [2.24, 2.45) is 0 Å². The molecule has 1 aliphatic heterocycles. The Labute approximate surface area is 186 Å². The first-order valence-electron chi connectivity index (χ1n) is 10.7. The van der Waals surface area contributed by atoms with Gasteiger partial charge in [0.2, 0.25) is 0 Å². The van der Waals surface area contributed by atoms with E-state index < -0.39 is 0 Å². The topological polar surface area (TPSA) is 89.3 Å². The average Bonchev–Trinajstić information content (AvgIpc) is 2.83. The summed E-state index contributed by atoms with van der Waals surface area (Å²) in [6.45, 7) is 5.31. The Morgan fingerprint density at radius 2 is 2.00 bits per heavy atom. The third-order valence-electron chi connectivity index (χ3n) is 5.65. The number of carbonyl (C=O) groups is 1. The minimum Gasteiger partial charge on any atom is -0.379 e. The summed E-state index contributed by atoms with van der Waals surface area (Å²) in [4.78, 5) is 37.0. The van der Waals surface area contributed by atoms with E-state index in [1.54, 1.807) is 37.8 Å². The number of ether oxygens (including phenoxy) is 1. The summed E-state index contributed by atoms with van der Waals surface area (Å²) >= 11 is 0. The van der Waals surface area contributed by atoms with Crippen LogP contribution in [0.25, 0.3) is 0 Å². The van der Waals surface area contributed by atoms with Crippen LogP contribution in [0, 0.1) is 6.92 Å². The van der Waals surface area contributed by atoms with Gasteiger partial charge in [-0.2, -0.15) is 0 Å². The zero-order valence-electron chi connectivity index (χ0n) is 18.1. The zero-order valence-corrected chi connectivity index (χ0v) is 18.1. The molecule has 3 aromatic rings. The predicted octanol–water partition coefficient (Wildman–Crippen LogP) is 1.80. The van der Waals surface area contributed by atoms with E-state index in [0.29, 0.717) is 31.9 Å². The van der Waals surface area contributed by atoms with Crippen LogP contribution in [0.2, 0.25) is 0 Å². The van der Waals surface area contributed by atoms with E-state index in [-0.39, 0.29) is 23.1 Å². The molecule has 4 rings (SSSR count). The first-order valence-corrected chi connectivity index (χ1v) is 10.7. The number of aryl methyl sites for hydroxylation is 1. The Morgan fingerprint density at radius 1 is 1.16 bits per heavy atom. The van der Waals surface area contributed by atoms with E-state index in [1.165, 1.54) is 4.57 Å². The maximum atomic E-state index is 13.1. The monoisotopic (exact) mass is 433 g/mol. The summed E-state index contributed by atoms with van der Waals surface area (Å²) < 4.78 is 7.01. The molecule has 4 heterocycles. The van der Waals surface area contributed by atoms with Gasteiger partial charge in [0.25, 0.3) is 11.5 Å². The van der Waals surface area contributed by atoms with Gasteiger partial charge in [-0.05, 0) is 42.3 Å². The fourth-order valence-corrected chi connectivity index (χ4v) is 3.91. The van der Waals surface area contributed by atoms with Crippen LogP contribution in [0.5, 0.6) is 0 Å². The lowest BCUT2D eigenvalue weighted by Crippen LogP contribution is -2.45. The number of nitrogens with zero attached hydrogens (tertiary/aromatic N) is 4. The fraction of sp³-hybridized carbons (Fsp3) is 0.333. The maximum Gasteiger partial charge on any atom is 0.263 e. The average molecular weight is 434 g/mol. The van der Waals surface area contributed by atoms with Crippen molar-refractivity contribution in [3.63, 3.8) is 0 Å². The number of hydrogen-bond acceptors (Lipinski definition) is 6. The lowest BCUT2D eigenvalue weighted by Gasteiger charge is -2.34. The van der Waals surface area contributed by atoms with Crippen molar-refractivity contribution in [1.82, 2.24) is 24.8 Å². The number of pyridine rings is 3. The minimum atomic E-state index is -0.373. The fourth-order valence-electron chi connectivity index (χ4n) is 3.91. The largest absolute Gasteiger partial charge is 0.379 e. The second-order valence-electron chi connectivity index (χ2n) is 7.80. The first-order chi connectivity index (χ1) is 15.6. The third-order valence-corrected chi connectivity index (χ3v) is 5.65. The quantitative estimate of drug-likeness (QED) is 0.611. The number of carbonyl (C=O) groups excluding carboxylic acids is 1. The molecule has 1 unspecified atom stereocenters. The molecule has 1 amide bonds. The molecule has 1 fully saturated rings. The molecule has 0 aromatic carbocycles. The van der Waals surface area contributed by atoms with Crippen molar-refractivity contribution in [2.75, 3.05) is 32.8 Å². The number of morpholine rings is 1. The molecule has 1 saturated heterocycles. The smallest absolute Gasteiger partial charge is 0.263 e. The van der Waals surface area contributed by atoms with Crippen LogP contribution in [0.1, 0.15) is 33.2 Å². The summed E-state index contributed by atoms with van der Waals surface area (Å²) in [6.07, 6.45) is 6.87. The van der Waals surface area contributed by atoms with Gasteiger partial charge < -0.3 is 14.6 Å². The van der Waals surface area contributed by atoms with Gasteiger partial charge in [-0.15, -0.1) is 0 Å². The van der Waals surface area contributed by atoms with Gasteiger partial charge in [0.1, 0.15) is 5.56 Å². The standard InChI is InChI=1S/C24H27N5O3/c1-18-7-10-29(17-19-5-4-8-25-15-19)24(31)22(18)23(30)27-16-21(20-6-2-3-9-26-20)28-11-13-32-14-12-28/h2-10,15,21H,11-14,16-17H2,1H3,(H,27,30). The van der Waals surface area contributed by atoms with Crippen molar-refractivity contribution < 1.29 is 9.53 Å². The van der Waals surface area contributed by atoms with Crippen LogP contribution in [0.15, 0.2) is 66.0 Å². The molecule has 8 nitrogen and oxygen atoms in total. The predicted molar refractivity (Wildman–Crippen MR) is 120 cm³/mol. The molecule has 0 aliphatic carbocycles. The van der Waals surface area contributed by atoms with E-state index in [9.17, 15) is 9.59 Å². The van der Waals surface area contributed by atoms with Gasteiger partial charge in [0, 0.05) is 44.4 Å². The van der Waals surface area contributed by atoms with Crippen LogP contribution in [-0.4, -0.2) is 58.2 Å². The molecule has 8 heteroatoms. The SMILES string of the molecule is Cc1ccn(Cc2cccnc2)c(=O)c1C(=O)NCC(c1ccccn1)N1CCOCC1. The lowest BCUT2D eigenvalue weighted by molar-refractivity contribution is 0.0154. The normalized spacial score (nSPS) is 15.3. The van der Waals surface area contributed by atoms with E-state index in [0.717, 1.165) is 24.3 Å². The molecule has 3 aromatic heterocycles. The third kappa shape index (κ3) is 5.09. The van der Waals surface area contributed by atoms with E-state index in [1.807, 2.05) is 30.3 Å². The van der Waals surface area contributed by atoms with Gasteiger partial charge in [0.15, 0.2) is 0 Å². The Hall–Kier alpha value is -3.36. The number of nitrogens with one attached hydrogen (secondary N) is 1. The minimum absolute atomic E-state index is 0.0920. The van der Waals surface area contributed by atoms with Crippen molar-refractivity contribution in [2.45, 2.75) is 19.5 Å². The number of amides is 1. The number of hydrogen-bond donors (Lipinski definition) is 1. The highest BCUT2D eigenvalue weighted by Gasteiger charge is 2.25. The van der Waals surface area contributed by atoms with Gasteiger partial charge in [-0.25, -0.2) is 0 Å². The zero-order chi connectivity index (χ0) is 22.3. The Balaban J connectivity index is 1.53. The van der Waals surface area contributed by atoms with Gasteiger partial charge in [-0.1, -0.05) is 12.1 Å². The molecule has 0 spiro atoms. The molecule has 166 valence electrons. The molecule has 0 saturated carbocycles. The van der Waals surface area contributed by atoms with Crippen molar-refractivity contribution >= 4 is 5.91 Å². The van der Waals surface area contributed by atoms with Crippen LogP contribution in [-0.2, 0) is 11.3 Å². The highest BCUT2D eigenvalue weighted by atomic mass is 16.5. The number of rotatable bonds is 7. The highest BCUT2D eigenvalue weighted by molar-refractivity contribution is 5.95. The molecule has 1 N–H and O–H groups in total. The van der Waals surface area contributed by atoms with Crippen LogP contribution in [0.3, 0.4) is 0 Å². The maximum absolute atomic E-state index is 13.1. The molecule has 1 atom stereocenters. The van der Waals surface area contributed by atoms with Crippen LogP contribution >= 0.6 is 0 Å². The van der Waals surface area contributed by atoms with Crippen LogP contribution in [0.4, 0.5) is 0 Å².